The lowest BCUT2D eigenvalue weighted by Gasteiger charge is -1.99. The van der Waals surface area contributed by atoms with Gasteiger partial charge in [-0.1, -0.05) is 23.7 Å². The maximum atomic E-state index is 5.86. The molecule has 0 unspecified atom stereocenters. The van der Waals surface area contributed by atoms with Crippen molar-refractivity contribution in [3.05, 3.63) is 58.1 Å². The van der Waals surface area contributed by atoms with Crippen LogP contribution in [0.1, 0.15) is 22.8 Å². The first-order valence-corrected chi connectivity index (χ1v) is 6.22. The first-order valence-electron chi connectivity index (χ1n) is 5.84. The van der Waals surface area contributed by atoms with Crippen LogP contribution in [0.4, 0.5) is 0 Å². The normalized spacial score (nSPS) is 11.1. The molecule has 2 aromatic rings. The third-order valence-corrected chi connectivity index (χ3v) is 3.13. The molecule has 0 saturated carbocycles. The molecule has 0 bridgehead atoms. The zero-order chi connectivity index (χ0) is 13.1. The molecule has 0 atom stereocenters. The van der Waals surface area contributed by atoms with Gasteiger partial charge in [0.05, 0.1) is 7.05 Å². The van der Waals surface area contributed by atoms with Gasteiger partial charge in [0.15, 0.2) is 5.69 Å². The number of aryl methyl sites for hydroxylation is 2. The Labute approximate surface area is 113 Å². The molecular weight excluding hydrogens is 244 g/mol. The van der Waals surface area contributed by atoms with Crippen LogP contribution in [0, 0.1) is 13.8 Å². The Kier molecular flexibility index (Phi) is 3.78. The predicted molar refractivity (Wildman–Crippen MR) is 75.3 cm³/mol. The van der Waals surface area contributed by atoms with Crippen LogP contribution in [0.5, 0.6) is 0 Å². The number of rotatable bonds is 2. The van der Waals surface area contributed by atoms with Crippen molar-refractivity contribution in [2.45, 2.75) is 13.8 Å². The van der Waals surface area contributed by atoms with Gasteiger partial charge in [-0.25, -0.2) is 4.57 Å². The summed E-state index contributed by atoms with van der Waals surface area (Å²) in [5, 5.41) is 0.752. The van der Waals surface area contributed by atoms with Crippen molar-refractivity contribution in [1.29, 1.82) is 0 Å². The summed E-state index contributed by atoms with van der Waals surface area (Å²) in [6, 6.07) is 9.81. The largest absolute Gasteiger partial charge is 0.323 e. The van der Waals surface area contributed by atoms with Crippen molar-refractivity contribution in [1.82, 2.24) is 4.98 Å². The summed E-state index contributed by atoms with van der Waals surface area (Å²) in [6.07, 6.45) is 4.06. The highest BCUT2D eigenvalue weighted by molar-refractivity contribution is 6.30. The molecule has 0 radical (unpaired) electrons. The number of hydrogen-bond acceptors (Lipinski definition) is 1. The van der Waals surface area contributed by atoms with Gasteiger partial charge in [0.2, 0.25) is 0 Å². The SMILES string of the molecule is Cc1cc(C)[n+](C)c(/C=C\c2ccc(Cl)cc2)n1. The van der Waals surface area contributed by atoms with E-state index in [0.717, 1.165) is 22.1 Å². The minimum absolute atomic E-state index is 0.752. The van der Waals surface area contributed by atoms with Gasteiger partial charge < -0.3 is 0 Å². The minimum atomic E-state index is 0.752. The van der Waals surface area contributed by atoms with E-state index in [1.807, 2.05) is 50.4 Å². The van der Waals surface area contributed by atoms with Gasteiger partial charge in [-0.15, -0.1) is 0 Å². The lowest BCUT2D eigenvalue weighted by molar-refractivity contribution is -0.682. The fourth-order valence-corrected chi connectivity index (χ4v) is 1.89. The van der Waals surface area contributed by atoms with Gasteiger partial charge in [-0.05, 0) is 35.7 Å². The van der Waals surface area contributed by atoms with Crippen molar-refractivity contribution in [2.75, 3.05) is 0 Å². The molecule has 0 aliphatic carbocycles. The Morgan fingerprint density at radius 2 is 1.78 bits per heavy atom. The maximum absolute atomic E-state index is 5.86. The first kappa shape index (κ1) is 12.8. The molecule has 0 aliphatic rings. The minimum Gasteiger partial charge on any atom is -0.231 e. The van der Waals surface area contributed by atoms with Gasteiger partial charge in [0.25, 0.3) is 0 Å². The highest BCUT2D eigenvalue weighted by Crippen LogP contribution is 2.11. The fraction of sp³-hybridized carbons (Fsp3) is 0.200. The van der Waals surface area contributed by atoms with E-state index in [1.54, 1.807) is 0 Å². The number of hydrogen-bond donors (Lipinski definition) is 0. The van der Waals surface area contributed by atoms with Crippen LogP contribution in [0.25, 0.3) is 12.2 Å². The van der Waals surface area contributed by atoms with Crippen LogP contribution in [-0.2, 0) is 7.05 Å². The second-order valence-corrected chi connectivity index (χ2v) is 4.78. The molecule has 3 heteroatoms. The molecule has 0 aliphatic heterocycles. The Bertz CT molecular complexity index is 586. The summed E-state index contributed by atoms with van der Waals surface area (Å²) >= 11 is 5.86. The van der Waals surface area contributed by atoms with Gasteiger partial charge in [0.1, 0.15) is 5.69 Å². The standard InChI is InChI=1S/C15H16ClN2/c1-11-10-12(2)18(3)15(17-11)9-6-13-4-7-14(16)8-5-13/h4-10H,1-3H3/q+1/b9-6-. The number of nitrogens with zero attached hydrogens (tertiary/aromatic N) is 2. The Balaban J connectivity index is 2.31. The third-order valence-electron chi connectivity index (χ3n) is 2.88. The molecule has 0 fully saturated rings. The second-order valence-electron chi connectivity index (χ2n) is 4.34. The fourth-order valence-electron chi connectivity index (χ4n) is 1.76. The van der Waals surface area contributed by atoms with E-state index >= 15 is 0 Å². The van der Waals surface area contributed by atoms with Crippen LogP contribution in [-0.4, -0.2) is 4.98 Å². The summed E-state index contributed by atoms with van der Waals surface area (Å²) < 4.78 is 2.07. The van der Waals surface area contributed by atoms with Crippen LogP contribution >= 0.6 is 11.6 Å². The summed E-state index contributed by atoms with van der Waals surface area (Å²) in [5.74, 6) is 0.947. The molecule has 18 heavy (non-hydrogen) atoms. The van der Waals surface area contributed by atoms with E-state index in [2.05, 4.69) is 22.5 Å². The van der Waals surface area contributed by atoms with E-state index < -0.39 is 0 Å². The lowest BCUT2D eigenvalue weighted by atomic mass is 10.2. The molecule has 92 valence electrons. The highest BCUT2D eigenvalue weighted by atomic mass is 35.5. The van der Waals surface area contributed by atoms with Crippen molar-refractivity contribution in [2.24, 2.45) is 7.05 Å². The number of benzene rings is 1. The average Bonchev–Trinajstić information content (AvgIpc) is 2.34. The van der Waals surface area contributed by atoms with E-state index in [0.29, 0.717) is 0 Å². The molecule has 1 aromatic carbocycles. The summed E-state index contributed by atoms with van der Waals surface area (Å²) in [5.41, 5.74) is 3.33. The van der Waals surface area contributed by atoms with Crippen LogP contribution < -0.4 is 4.57 Å². The molecule has 0 N–H and O–H groups in total. The van der Waals surface area contributed by atoms with Crippen LogP contribution in [0.2, 0.25) is 5.02 Å². The lowest BCUT2D eigenvalue weighted by Crippen LogP contribution is -2.36. The van der Waals surface area contributed by atoms with Crippen LogP contribution in [0.15, 0.2) is 30.3 Å². The third kappa shape index (κ3) is 2.96. The van der Waals surface area contributed by atoms with Crippen molar-refractivity contribution >= 4 is 23.8 Å². The summed E-state index contributed by atoms with van der Waals surface area (Å²) in [7, 11) is 2.02. The predicted octanol–water partition coefficient (Wildman–Crippen LogP) is 3.35. The topological polar surface area (TPSA) is 16.8 Å². The van der Waals surface area contributed by atoms with Gasteiger partial charge >= 0.3 is 5.82 Å². The maximum Gasteiger partial charge on any atom is 0.323 e. The van der Waals surface area contributed by atoms with Crippen molar-refractivity contribution < 1.29 is 4.57 Å². The van der Waals surface area contributed by atoms with E-state index in [4.69, 9.17) is 11.6 Å². The Morgan fingerprint density at radius 3 is 2.44 bits per heavy atom. The van der Waals surface area contributed by atoms with Gasteiger partial charge in [-0.3, -0.25) is 0 Å². The zero-order valence-corrected chi connectivity index (χ0v) is 11.6. The molecule has 0 amide bonds. The average molecular weight is 260 g/mol. The van der Waals surface area contributed by atoms with Crippen LogP contribution in [0.3, 0.4) is 0 Å². The van der Waals surface area contributed by atoms with Crippen molar-refractivity contribution in [3.8, 4) is 0 Å². The smallest absolute Gasteiger partial charge is 0.231 e. The highest BCUT2D eigenvalue weighted by Gasteiger charge is 2.09. The van der Waals surface area contributed by atoms with Gasteiger partial charge in [0, 0.05) is 24.1 Å². The zero-order valence-electron chi connectivity index (χ0n) is 10.8. The number of halogens is 1. The molecule has 1 heterocycles. The quantitative estimate of drug-likeness (QED) is 0.756. The molecule has 2 nitrogen and oxygen atoms in total. The monoisotopic (exact) mass is 259 g/mol. The molecule has 0 saturated heterocycles. The van der Waals surface area contributed by atoms with E-state index in [9.17, 15) is 0 Å². The van der Waals surface area contributed by atoms with Crippen molar-refractivity contribution in [3.63, 3.8) is 0 Å². The Hall–Kier alpha value is -1.67. The second kappa shape index (κ2) is 5.32. The van der Waals surface area contributed by atoms with E-state index in [-0.39, 0.29) is 0 Å². The summed E-state index contributed by atoms with van der Waals surface area (Å²) in [4.78, 5) is 4.52. The van der Waals surface area contributed by atoms with E-state index in [1.165, 1.54) is 5.69 Å². The first-order chi connectivity index (χ1) is 8.56. The molecule has 0 spiro atoms. The molecule has 1 aromatic heterocycles. The van der Waals surface area contributed by atoms with Gasteiger partial charge in [-0.2, -0.15) is 0 Å². The Morgan fingerprint density at radius 1 is 1.11 bits per heavy atom. The number of aromatic nitrogens is 2. The molecular formula is C15H16ClN2+. The summed E-state index contributed by atoms with van der Waals surface area (Å²) in [6.45, 7) is 4.08. The molecule has 2 rings (SSSR count).